The summed E-state index contributed by atoms with van der Waals surface area (Å²) in [5.41, 5.74) is 1.31. The minimum atomic E-state index is -3.29. The molecule has 1 aromatic carbocycles. The summed E-state index contributed by atoms with van der Waals surface area (Å²) in [7, 11) is -3.29. The molecule has 0 saturated carbocycles. The van der Waals surface area contributed by atoms with Gasteiger partial charge in [0.2, 0.25) is 10.0 Å². The van der Waals surface area contributed by atoms with Crippen molar-refractivity contribution in [1.82, 2.24) is 4.57 Å². The summed E-state index contributed by atoms with van der Waals surface area (Å²) in [6, 6.07) is 7.08. The minimum Gasteiger partial charge on any atom is -1.00 e. The van der Waals surface area contributed by atoms with Gasteiger partial charge in [0.25, 0.3) is 6.33 Å². The van der Waals surface area contributed by atoms with Gasteiger partial charge < -0.3 is 12.4 Å². The molecule has 1 heterocycles. The quantitative estimate of drug-likeness (QED) is 0.670. The Morgan fingerprint density at radius 3 is 2.35 bits per heavy atom. The molecule has 0 fully saturated rings. The number of imidazole rings is 1. The van der Waals surface area contributed by atoms with Crippen LogP contribution in [0, 0.1) is 0 Å². The Morgan fingerprint density at radius 2 is 1.87 bits per heavy atom. The molecule has 0 aliphatic heterocycles. The summed E-state index contributed by atoms with van der Waals surface area (Å²) in [5, 5.41) is 0. The fourth-order valence-corrected chi connectivity index (χ4v) is 2.56. The highest BCUT2D eigenvalue weighted by Gasteiger charge is 2.15. The van der Waals surface area contributed by atoms with Crippen LogP contribution in [0.25, 0.3) is 0 Å². The first-order valence-electron chi connectivity index (χ1n) is 6.93. The molecule has 0 spiro atoms. The monoisotopic (exact) mass is 357 g/mol. The Labute approximate surface area is 142 Å². The van der Waals surface area contributed by atoms with Gasteiger partial charge in [-0.05, 0) is 31.5 Å². The first-order chi connectivity index (χ1) is 10.2. The van der Waals surface area contributed by atoms with Crippen LogP contribution in [0.1, 0.15) is 30.2 Å². The maximum atomic E-state index is 12.2. The lowest BCUT2D eigenvalue weighted by molar-refractivity contribution is -0.715. The van der Waals surface area contributed by atoms with Gasteiger partial charge in [0, 0.05) is 5.69 Å². The van der Waals surface area contributed by atoms with E-state index in [1.165, 1.54) is 0 Å². The molecule has 0 bridgehead atoms. The van der Waals surface area contributed by atoms with Crippen molar-refractivity contribution in [3.05, 3.63) is 48.5 Å². The summed E-state index contributed by atoms with van der Waals surface area (Å²) >= 11 is 0. The molecule has 0 unspecified atom stereocenters. The molecule has 2 rings (SSSR count). The second-order valence-corrected chi connectivity index (χ2v) is 7.25. The molecule has 0 aliphatic carbocycles. The van der Waals surface area contributed by atoms with Crippen LogP contribution in [0.4, 0.5) is 5.69 Å². The summed E-state index contributed by atoms with van der Waals surface area (Å²) in [6.07, 6.45) is 6.72. The first-order valence-corrected chi connectivity index (χ1v) is 8.82. The van der Waals surface area contributed by atoms with Gasteiger partial charge in [-0.25, -0.2) is 17.8 Å². The van der Waals surface area contributed by atoms with Crippen molar-refractivity contribution in [2.45, 2.75) is 26.3 Å². The number of carbonyl (C=O) groups is 1. The molecule has 0 atom stereocenters. The van der Waals surface area contributed by atoms with Gasteiger partial charge in [-0.3, -0.25) is 4.72 Å². The zero-order chi connectivity index (χ0) is 16.3. The second-order valence-electron chi connectivity index (χ2n) is 5.50. The third-order valence-corrected chi connectivity index (χ3v) is 3.76. The van der Waals surface area contributed by atoms with Gasteiger partial charge in [-0.1, -0.05) is 12.1 Å². The van der Waals surface area contributed by atoms with E-state index in [2.05, 4.69) is 4.72 Å². The molecule has 0 aliphatic rings. The molecule has 6 nitrogen and oxygen atoms in total. The van der Waals surface area contributed by atoms with Gasteiger partial charge in [-0.15, -0.1) is 0 Å². The maximum Gasteiger partial charge on any atom is 0.318 e. The number of aromatic nitrogens is 2. The zero-order valence-electron chi connectivity index (χ0n) is 13.2. The fraction of sp³-hybridized carbons (Fsp3) is 0.333. The van der Waals surface area contributed by atoms with Crippen LogP contribution in [-0.4, -0.2) is 25.1 Å². The van der Waals surface area contributed by atoms with Crippen LogP contribution in [0.2, 0.25) is 0 Å². The Morgan fingerprint density at radius 1 is 1.26 bits per heavy atom. The Hall–Kier alpha value is -1.86. The molecular formula is C15H20ClN3O3S. The van der Waals surface area contributed by atoms with E-state index in [-0.39, 0.29) is 24.7 Å². The van der Waals surface area contributed by atoms with E-state index < -0.39 is 10.0 Å². The van der Waals surface area contributed by atoms with E-state index in [1.54, 1.807) is 41.4 Å². The third-order valence-electron chi connectivity index (χ3n) is 3.15. The van der Waals surface area contributed by atoms with Crippen molar-refractivity contribution in [3.8, 4) is 0 Å². The molecular weight excluding hydrogens is 338 g/mol. The van der Waals surface area contributed by atoms with Crippen LogP contribution in [-0.2, 0) is 16.4 Å². The number of hydrogen-bond acceptors (Lipinski definition) is 3. The van der Waals surface area contributed by atoms with E-state index in [4.69, 9.17) is 0 Å². The number of sulfonamides is 1. The minimum absolute atomic E-state index is 0. The van der Waals surface area contributed by atoms with Gasteiger partial charge in [0.1, 0.15) is 12.4 Å². The molecule has 1 aromatic heterocycles. The average Bonchev–Trinajstić information content (AvgIpc) is 2.89. The lowest BCUT2D eigenvalue weighted by atomic mass is 10.1. The van der Waals surface area contributed by atoms with Crippen molar-refractivity contribution in [3.63, 3.8) is 0 Å². The number of benzene rings is 1. The van der Waals surface area contributed by atoms with E-state index in [0.29, 0.717) is 11.7 Å². The topological polar surface area (TPSA) is 72.0 Å². The van der Waals surface area contributed by atoms with E-state index in [9.17, 15) is 13.2 Å². The fourth-order valence-electron chi connectivity index (χ4n) is 1.99. The predicted octanol–water partition coefficient (Wildman–Crippen LogP) is -1.39. The second kappa shape index (κ2) is 7.61. The Kier molecular flexibility index (Phi) is 6.35. The van der Waals surface area contributed by atoms with Gasteiger partial charge >= 0.3 is 5.91 Å². The van der Waals surface area contributed by atoms with Crippen LogP contribution in [0.5, 0.6) is 0 Å². The molecule has 126 valence electrons. The van der Waals surface area contributed by atoms with Crippen LogP contribution < -0.4 is 21.7 Å². The lowest BCUT2D eigenvalue weighted by Crippen LogP contribution is -3.00. The highest BCUT2D eigenvalue weighted by atomic mass is 35.5. The average molecular weight is 358 g/mol. The Bertz CT molecular complexity index is 768. The summed E-state index contributed by atoms with van der Waals surface area (Å²) in [6.45, 7) is 4.09. The Balaban J connectivity index is 0.00000264. The number of anilines is 1. The number of hydrogen-bond donors (Lipinski definition) is 1. The van der Waals surface area contributed by atoms with Crippen molar-refractivity contribution < 1.29 is 30.2 Å². The first kappa shape index (κ1) is 19.2. The highest BCUT2D eigenvalue weighted by molar-refractivity contribution is 7.92. The predicted molar refractivity (Wildman–Crippen MR) is 84.3 cm³/mol. The largest absolute Gasteiger partial charge is 1.00 e. The molecule has 2 aromatic rings. The zero-order valence-corrected chi connectivity index (χ0v) is 14.8. The number of rotatable bonds is 5. The molecule has 8 heteroatoms. The van der Waals surface area contributed by atoms with Gasteiger partial charge in [-0.2, -0.15) is 4.57 Å². The number of nitrogens with zero attached hydrogens (tertiary/aromatic N) is 2. The standard InChI is InChI=1S/C15H20N3O3S.ClH/c1-12(2)17-8-9-18(11-17)15(19)10-13-4-6-14(7-5-13)16-22(3,20)21;/h4-9,11-12,16H,10H2,1-3H3;1H/q+1;/p-1. The molecule has 0 radical (unpaired) electrons. The molecule has 1 N–H and O–H groups in total. The number of carbonyl (C=O) groups excluding carboxylic acids is 1. The maximum absolute atomic E-state index is 12.2. The smallest absolute Gasteiger partial charge is 0.318 e. The SMILES string of the molecule is CC(C)[n+]1ccn(C(=O)Cc2ccc(NS(C)(=O)=O)cc2)c1.[Cl-]. The van der Waals surface area contributed by atoms with Crippen LogP contribution in [0.15, 0.2) is 43.0 Å². The van der Waals surface area contributed by atoms with Crippen LogP contribution in [0.3, 0.4) is 0 Å². The summed E-state index contributed by atoms with van der Waals surface area (Å²) in [4.78, 5) is 12.2. The molecule has 0 saturated heterocycles. The van der Waals surface area contributed by atoms with Gasteiger partial charge in [0.05, 0.1) is 18.7 Å². The van der Waals surface area contributed by atoms with Crippen molar-refractivity contribution in [2.75, 3.05) is 11.0 Å². The number of halogens is 1. The number of nitrogens with one attached hydrogen (secondary N) is 1. The van der Waals surface area contributed by atoms with Crippen molar-refractivity contribution in [2.24, 2.45) is 0 Å². The van der Waals surface area contributed by atoms with Gasteiger partial charge in [0.15, 0.2) is 0 Å². The summed E-state index contributed by atoms with van der Waals surface area (Å²) < 4.78 is 28.2. The molecule has 0 amide bonds. The highest BCUT2D eigenvalue weighted by Crippen LogP contribution is 2.12. The van der Waals surface area contributed by atoms with E-state index >= 15 is 0 Å². The van der Waals surface area contributed by atoms with Crippen LogP contribution >= 0.6 is 0 Å². The van der Waals surface area contributed by atoms with Crippen molar-refractivity contribution in [1.29, 1.82) is 0 Å². The van der Waals surface area contributed by atoms with Crippen molar-refractivity contribution >= 4 is 21.6 Å². The normalized spacial score (nSPS) is 11.1. The van der Waals surface area contributed by atoms with E-state index in [0.717, 1.165) is 11.8 Å². The molecule has 23 heavy (non-hydrogen) atoms. The van der Waals surface area contributed by atoms with E-state index in [1.807, 2.05) is 24.6 Å². The lowest BCUT2D eigenvalue weighted by Gasteiger charge is -2.04. The third kappa shape index (κ3) is 5.69. The summed E-state index contributed by atoms with van der Waals surface area (Å²) in [5.74, 6) is -0.0387.